The lowest BCUT2D eigenvalue weighted by Crippen LogP contribution is -2.41. The molecule has 2 aliphatic rings. The molecule has 0 heterocycles. The molecule has 0 aromatic carbocycles. The lowest BCUT2D eigenvalue weighted by molar-refractivity contribution is -0.134. The number of carbonyl (C=O) groups excluding carboxylic acids is 1. The van der Waals surface area contributed by atoms with Gasteiger partial charge in [0.2, 0.25) is 5.91 Å². The minimum Gasteiger partial charge on any atom is -0.392 e. The number of aliphatic hydroxyl groups excluding tert-OH is 2. The summed E-state index contributed by atoms with van der Waals surface area (Å²) in [6.45, 7) is 12.8. The van der Waals surface area contributed by atoms with E-state index in [9.17, 15) is 15.0 Å². The molecule has 0 aliphatic heterocycles. The minimum atomic E-state index is -0.419. The van der Waals surface area contributed by atoms with Crippen LogP contribution in [0.1, 0.15) is 99.3 Å². The van der Waals surface area contributed by atoms with Crippen molar-refractivity contribution in [3.05, 3.63) is 23.8 Å². The summed E-state index contributed by atoms with van der Waals surface area (Å²) in [5.41, 5.74) is 1.45. The van der Waals surface area contributed by atoms with E-state index in [1.54, 1.807) is 0 Å². The summed E-state index contributed by atoms with van der Waals surface area (Å²) < 4.78 is 0. The fourth-order valence-corrected chi connectivity index (χ4v) is 5.98. The van der Waals surface area contributed by atoms with Crippen LogP contribution in [-0.2, 0) is 4.79 Å². The van der Waals surface area contributed by atoms with Crippen molar-refractivity contribution in [3.63, 3.8) is 0 Å². The molecule has 184 valence electrons. The second-order valence-electron chi connectivity index (χ2n) is 11.0. The highest BCUT2D eigenvalue weighted by Crippen LogP contribution is 2.48. The van der Waals surface area contributed by atoms with Crippen molar-refractivity contribution in [2.75, 3.05) is 0 Å². The van der Waals surface area contributed by atoms with E-state index in [4.69, 9.17) is 0 Å². The fraction of sp³-hybridized carbons (Fsp3) is 0.821. The van der Waals surface area contributed by atoms with Crippen LogP contribution in [0, 0.1) is 23.7 Å². The number of nitrogens with zero attached hydrogens (tertiary/aromatic N) is 1. The molecule has 0 saturated heterocycles. The van der Waals surface area contributed by atoms with Gasteiger partial charge in [-0.3, -0.25) is 4.79 Å². The number of fused-ring (bicyclic) bond motifs is 1. The predicted octanol–water partition coefficient (Wildman–Crippen LogP) is 5.88. The van der Waals surface area contributed by atoms with Crippen LogP contribution in [-0.4, -0.2) is 45.3 Å². The van der Waals surface area contributed by atoms with Gasteiger partial charge in [-0.05, 0) is 77.6 Å². The summed E-state index contributed by atoms with van der Waals surface area (Å²) in [4.78, 5) is 14.6. The zero-order chi connectivity index (χ0) is 23.8. The lowest BCUT2D eigenvalue weighted by atomic mass is 9.88. The average Bonchev–Trinajstić information content (AvgIpc) is 3.20. The second kappa shape index (κ2) is 12.9. The number of aliphatic hydroxyl groups is 2. The van der Waals surface area contributed by atoms with E-state index in [0.29, 0.717) is 24.2 Å². The highest BCUT2D eigenvalue weighted by Gasteiger charge is 2.43. The molecule has 0 unspecified atom stereocenters. The van der Waals surface area contributed by atoms with Crippen molar-refractivity contribution in [1.29, 1.82) is 0 Å². The van der Waals surface area contributed by atoms with Gasteiger partial charge in [0, 0.05) is 24.4 Å². The fourth-order valence-electron chi connectivity index (χ4n) is 5.98. The summed E-state index contributed by atoms with van der Waals surface area (Å²) in [5.74, 6) is 1.80. The molecule has 0 radical (unpaired) electrons. The summed E-state index contributed by atoms with van der Waals surface area (Å²) in [5, 5.41) is 21.0. The smallest absolute Gasteiger partial charge is 0.223 e. The van der Waals surface area contributed by atoms with Gasteiger partial charge in [-0.25, -0.2) is 0 Å². The Bertz CT molecular complexity index is 631. The van der Waals surface area contributed by atoms with Gasteiger partial charge in [0.15, 0.2) is 0 Å². The van der Waals surface area contributed by atoms with Crippen molar-refractivity contribution in [2.24, 2.45) is 23.7 Å². The summed E-state index contributed by atoms with van der Waals surface area (Å²) in [7, 11) is 0. The standard InChI is InChI=1S/C28H49NO3/c1-7-8-10-21(6)15-24(30)13-14-25-26-17-22(16-23(26)18-27(25)31)11-9-12-28(32)29(19(2)3)20(4)5/h13-14,16,19-21,23-27,30-31H,7-12,15,17-18H2,1-6H3/b14-13+/t21-,23-,24+,25+,26-,27+/m0/s1. The number of hydrogen-bond donors (Lipinski definition) is 2. The van der Waals surface area contributed by atoms with Crippen molar-refractivity contribution >= 4 is 5.91 Å². The molecule has 1 saturated carbocycles. The van der Waals surface area contributed by atoms with Gasteiger partial charge in [-0.15, -0.1) is 0 Å². The Kier molecular flexibility index (Phi) is 11.0. The lowest BCUT2D eigenvalue weighted by Gasteiger charge is -2.31. The second-order valence-corrected chi connectivity index (χ2v) is 11.0. The zero-order valence-corrected chi connectivity index (χ0v) is 21.5. The van der Waals surface area contributed by atoms with E-state index in [1.807, 2.05) is 11.0 Å². The van der Waals surface area contributed by atoms with Crippen molar-refractivity contribution < 1.29 is 15.0 Å². The Morgan fingerprint density at radius 3 is 2.50 bits per heavy atom. The number of allylic oxidation sites excluding steroid dienone is 2. The van der Waals surface area contributed by atoms with Crippen LogP contribution in [0.25, 0.3) is 0 Å². The first kappa shape index (κ1) is 27.1. The van der Waals surface area contributed by atoms with Crippen LogP contribution >= 0.6 is 0 Å². The molecule has 4 nitrogen and oxygen atoms in total. The van der Waals surface area contributed by atoms with Crippen LogP contribution in [0.15, 0.2) is 23.8 Å². The summed E-state index contributed by atoms with van der Waals surface area (Å²) in [6.07, 6.45) is 14.4. The first-order valence-electron chi connectivity index (χ1n) is 13.2. The quantitative estimate of drug-likeness (QED) is 0.347. The maximum absolute atomic E-state index is 12.6. The number of carbonyl (C=O) groups is 1. The Balaban J connectivity index is 1.82. The van der Waals surface area contributed by atoms with Crippen LogP contribution < -0.4 is 0 Å². The monoisotopic (exact) mass is 447 g/mol. The first-order chi connectivity index (χ1) is 15.1. The maximum Gasteiger partial charge on any atom is 0.223 e. The van der Waals surface area contributed by atoms with Gasteiger partial charge in [-0.1, -0.05) is 56.9 Å². The third-order valence-electron chi connectivity index (χ3n) is 7.49. The molecular formula is C28H49NO3. The molecular weight excluding hydrogens is 398 g/mol. The number of hydrogen-bond acceptors (Lipinski definition) is 3. The van der Waals surface area contributed by atoms with Crippen molar-refractivity contribution in [2.45, 2.75) is 124 Å². The molecule has 0 aromatic heterocycles. The Labute approximate surface area is 197 Å². The highest BCUT2D eigenvalue weighted by atomic mass is 16.3. The number of amides is 1. The van der Waals surface area contributed by atoms with Crippen LogP contribution in [0.5, 0.6) is 0 Å². The van der Waals surface area contributed by atoms with E-state index in [1.165, 1.54) is 24.8 Å². The van der Waals surface area contributed by atoms with Crippen LogP contribution in [0.2, 0.25) is 0 Å². The molecule has 2 N–H and O–H groups in total. The third-order valence-corrected chi connectivity index (χ3v) is 7.49. The molecule has 4 heteroatoms. The van der Waals surface area contributed by atoms with E-state index in [2.05, 4.69) is 53.7 Å². The van der Waals surface area contributed by atoms with Crippen LogP contribution in [0.3, 0.4) is 0 Å². The highest BCUT2D eigenvalue weighted by molar-refractivity contribution is 5.76. The molecule has 2 aliphatic carbocycles. The number of unbranched alkanes of at least 4 members (excludes halogenated alkanes) is 1. The average molecular weight is 448 g/mol. The molecule has 0 bridgehead atoms. The molecule has 1 amide bonds. The third kappa shape index (κ3) is 7.73. The molecule has 2 rings (SSSR count). The minimum absolute atomic E-state index is 0.133. The van der Waals surface area contributed by atoms with E-state index in [0.717, 1.165) is 32.1 Å². The van der Waals surface area contributed by atoms with Gasteiger partial charge in [0.25, 0.3) is 0 Å². The summed E-state index contributed by atoms with van der Waals surface area (Å²) >= 11 is 0. The zero-order valence-electron chi connectivity index (χ0n) is 21.5. The van der Waals surface area contributed by atoms with Crippen molar-refractivity contribution in [3.8, 4) is 0 Å². The SMILES string of the molecule is CCCC[C@H](C)C[C@H](O)/C=C/[C@@H]1[C@H]2CC(CCCC(=O)N(C(C)C)C(C)C)=C[C@H]2C[C@H]1O. The molecule has 0 spiro atoms. The Hall–Kier alpha value is -1.13. The van der Waals surface area contributed by atoms with Gasteiger partial charge in [0.05, 0.1) is 12.2 Å². The van der Waals surface area contributed by atoms with Gasteiger partial charge in [0.1, 0.15) is 0 Å². The topological polar surface area (TPSA) is 60.8 Å². The maximum atomic E-state index is 12.6. The van der Waals surface area contributed by atoms with Gasteiger partial charge >= 0.3 is 0 Å². The van der Waals surface area contributed by atoms with Gasteiger partial charge in [-0.2, -0.15) is 0 Å². The van der Waals surface area contributed by atoms with Gasteiger partial charge < -0.3 is 15.1 Å². The predicted molar refractivity (Wildman–Crippen MR) is 133 cm³/mol. The first-order valence-corrected chi connectivity index (χ1v) is 13.2. The molecule has 0 aromatic rings. The van der Waals surface area contributed by atoms with Crippen molar-refractivity contribution in [1.82, 2.24) is 4.90 Å². The largest absolute Gasteiger partial charge is 0.392 e. The van der Waals surface area contributed by atoms with E-state index in [-0.39, 0.29) is 30.0 Å². The Morgan fingerprint density at radius 1 is 1.19 bits per heavy atom. The van der Waals surface area contributed by atoms with Crippen LogP contribution in [0.4, 0.5) is 0 Å². The normalized spacial score (nSPS) is 27.2. The molecule has 1 fully saturated rings. The molecule has 32 heavy (non-hydrogen) atoms. The summed E-state index contributed by atoms with van der Waals surface area (Å²) in [6, 6.07) is 0.484. The van der Waals surface area contributed by atoms with E-state index < -0.39 is 6.10 Å². The number of rotatable bonds is 13. The molecule has 6 atom stereocenters. The Morgan fingerprint density at radius 2 is 1.88 bits per heavy atom. The van der Waals surface area contributed by atoms with E-state index >= 15 is 0 Å².